The van der Waals surface area contributed by atoms with Crippen LogP contribution < -0.4 is 0 Å². The van der Waals surface area contributed by atoms with Crippen LogP contribution in [0.25, 0.3) is 0 Å². The molecule has 0 aromatic carbocycles. The van der Waals surface area contributed by atoms with E-state index < -0.39 is 0 Å². The van der Waals surface area contributed by atoms with Gasteiger partial charge in [0.05, 0.1) is 6.07 Å². The molecule has 14 heavy (non-hydrogen) atoms. The molecular formula is C12H20BrN. The maximum Gasteiger partial charge on any atom is 0.104 e. The molecule has 1 saturated carbocycles. The first-order chi connectivity index (χ1) is 6.45. The third-order valence-corrected chi connectivity index (χ3v) is 4.49. The molecule has 0 heterocycles. The average Bonchev–Trinajstić information content (AvgIpc) is 2.15. The normalized spacial score (nSPS) is 30.8. The fraction of sp³-hybridized carbons (Fsp3) is 0.917. The lowest BCUT2D eigenvalue weighted by Gasteiger charge is -2.37. The first kappa shape index (κ1) is 12.0. The molecule has 1 fully saturated rings. The predicted octanol–water partition coefficient (Wildman–Crippen LogP) is 4.13. The van der Waals surface area contributed by atoms with Crippen molar-refractivity contribution < 1.29 is 0 Å². The number of rotatable bonds is 1. The number of nitrogens with zero attached hydrogens (tertiary/aromatic N) is 1. The van der Waals surface area contributed by atoms with Gasteiger partial charge in [0.15, 0.2) is 0 Å². The average molecular weight is 258 g/mol. The molecule has 0 bridgehead atoms. The van der Waals surface area contributed by atoms with Crippen molar-refractivity contribution in [1.82, 2.24) is 0 Å². The Hall–Kier alpha value is -0.0300. The van der Waals surface area contributed by atoms with Crippen molar-refractivity contribution in [3.05, 3.63) is 0 Å². The van der Waals surface area contributed by atoms with Crippen molar-refractivity contribution in [2.24, 2.45) is 17.3 Å². The van der Waals surface area contributed by atoms with E-state index in [4.69, 9.17) is 5.26 Å². The largest absolute Gasteiger partial charge is 0.197 e. The zero-order valence-corrected chi connectivity index (χ0v) is 11.0. The summed E-state index contributed by atoms with van der Waals surface area (Å²) in [6.07, 6.45) is 5.01. The van der Waals surface area contributed by atoms with Crippen molar-refractivity contribution in [2.75, 3.05) is 0 Å². The van der Waals surface area contributed by atoms with Gasteiger partial charge in [0.1, 0.15) is 4.83 Å². The Balaban J connectivity index is 2.43. The minimum absolute atomic E-state index is 0.0726. The van der Waals surface area contributed by atoms with Gasteiger partial charge in [-0.1, -0.05) is 36.7 Å². The van der Waals surface area contributed by atoms with Crippen LogP contribution in [0.1, 0.15) is 46.5 Å². The number of hydrogen-bond donors (Lipinski definition) is 0. The van der Waals surface area contributed by atoms with Crippen molar-refractivity contribution in [3.63, 3.8) is 0 Å². The molecule has 0 radical (unpaired) electrons. The van der Waals surface area contributed by atoms with Crippen molar-refractivity contribution in [2.45, 2.75) is 51.3 Å². The van der Waals surface area contributed by atoms with Crippen molar-refractivity contribution >= 4 is 15.9 Å². The summed E-state index contributed by atoms with van der Waals surface area (Å²) in [6, 6.07) is 2.30. The highest BCUT2D eigenvalue weighted by atomic mass is 79.9. The molecular weight excluding hydrogens is 238 g/mol. The molecule has 0 aromatic heterocycles. The van der Waals surface area contributed by atoms with Crippen LogP contribution in [0.5, 0.6) is 0 Å². The molecule has 1 rings (SSSR count). The summed E-state index contributed by atoms with van der Waals surface area (Å²) in [4.78, 5) is 0.0726. The highest BCUT2D eigenvalue weighted by Gasteiger charge is 2.31. The minimum Gasteiger partial charge on any atom is -0.197 e. The molecule has 2 heteroatoms. The Morgan fingerprint density at radius 2 is 1.71 bits per heavy atom. The molecule has 1 unspecified atom stereocenters. The van der Waals surface area contributed by atoms with Gasteiger partial charge in [-0.15, -0.1) is 0 Å². The second-order valence-electron chi connectivity index (χ2n) is 5.51. The summed E-state index contributed by atoms with van der Waals surface area (Å²) in [6.45, 7) is 6.98. The monoisotopic (exact) mass is 257 g/mol. The van der Waals surface area contributed by atoms with Crippen LogP contribution in [-0.2, 0) is 0 Å². The van der Waals surface area contributed by atoms with Crippen LogP contribution in [-0.4, -0.2) is 4.83 Å². The Kier molecular flexibility index (Phi) is 4.01. The fourth-order valence-corrected chi connectivity index (χ4v) is 2.91. The van der Waals surface area contributed by atoms with Gasteiger partial charge in [-0.25, -0.2) is 0 Å². The van der Waals surface area contributed by atoms with E-state index in [1.807, 2.05) is 0 Å². The van der Waals surface area contributed by atoms with Crippen LogP contribution in [0.3, 0.4) is 0 Å². The molecule has 1 aliphatic rings. The Labute approximate surface area is 96.0 Å². The second-order valence-corrected chi connectivity index (χ2v) is 6.50. The van der Waals surface area contributed by atoms with Crippen LogP contribution in [0, 0.1) is 28.6 Å². The number of alkyl halides is 1. The lowest BCUT2D eigenvalue weighted by Crippen LogP contribution is -2.28. The highest BCUT2D eigenvalue weighted by Crippen LogP contribution is 2.41. The number of hydrogen-bond acceptors (Lipinski definition) is 1. The molecule has 0 aromatic rings. The topological polar surface area (TPSA) is 23.8 Å². The van der Waals surface area contributed by atoms with Crippen LogP contribution in [0.2, 0.25) is 0 Å². The summed E-state index contributed by atoms with van der Waals surface area (Å²) >= 11 is 3.45. The lowest BCUT2D eigenvalue weighted by molar-refractivity contribution is 0.153. The van der Waals surface area contributed by atoms with Crippen LogP contribution >= 0.6 is 15.9 Å². The molecule has 1 atom stereocenters. The van der Waals surface area contributed by atoms with E-state index in [0.717, 1.165) is 5.92 Å². The van der Waals surface area contributed by atoms with E-state index >= 15 is 0 Å². The molecule has 0 amide bonds. The SMILES string of the molecule is CC(C)(C)C1CCC(C(Br)C#N)CC1. The van der Waals surface area contributed by atoms with E-state index in [-0.39, 0.29) is 4.83 Å². The van der Waals surface area contributed by atoms with Gasteiger partial charge in [-0.3, -0.25) is 0 Å². The zero-order chi connectivity index (χ0) is 10.8. The number of nitriles is 1. The Morgan fingerprint density at radius 3 is 2.07 bits per heavy atom. The molecule has 1 aliphatic carbocycles. The van der Waals surface area contributed by atoms with E-state index in [0.29, 0.717) is 11.3 Å². The predicted molar refractivity (Wildman–Crippen MR) is 63.2 cm³/mol. The highest BCUT2D eigenvalue weighted by molar-refractivity contribution is 9.09. The van der Waals surface area contributed by atoms with Crippen molar-refractivity contribution in [3.8, 4) is 6.07 Å². The van der Waals surface area contributed by atoms with Gasteiger partial charge in [0, 0.05) is 0 Å². The summed E-state index contributed by atoms with van der Waals surface area (Å²) < 4.78 is 0. The Morgan fingerprint density at radius 1 is 1.21 bits per heavy atom. The fourth-order valence-electron chi connectivity index (χ4n) is 2.38. The van der Waals surface area contributed by atoms with Gasteiger partial charge in [-0.05, 0) is 42.9 Å². The summed E-state index contributed by atoms with van der Waals surface area (Å²) in [7, 11) is 0. The third kappa shape index (κ3) is 2.98. The standard InChI is InChI=1S/C12H20BrN/c1-12(2,3)10-6-4-9(5-7-10)11(13)8-14/h9-11H,4-7H2,1-3H3. The van der Waals surface area contributed by atoms with Gasteiger partial charge in [0.25, 0.3) is 0 Å². The van der Waals surface area contributed by atoms with Crippen molar-refractivity contribution in [1.29, 1.82) is 5.26 Å². The van der Waals surface area contributed by atoms with Gasteiger partial charge >= 0.3 is 0 Å². The van der Waals surface area contributed by atoms with E-state index in [1.165, 1.54) is 25.7 Å². The van der Waals surface area contributed by atoms with E-state index in [1.54, 1.807) is 0 Å². The first-order valence-electron chi connectivity index (χ1n) is 5.49. The lowest BCUT2D eigenvalue weighted by atomic mass is 9.69. The maximum absolute atomic E-state index is 8.82. The van der Waals surface area contributed by atoms with Gasteiger partial charge < -0.3 is 0 Å². The van der Waals surface area contributed by atoms with E-state index in [9.17, 15) is 0 Å². The maximum atomic E-state index is 8.82. The number of halogens is 1. The molecule has 0 aliphatic heterocycles. The molecule has 0 spiro atoms. The minimum atomic E-state index is 0.0726. The molecule has 0 N–H and O–H groups in total. The van der Waals surface area contributed by atoms with Crippen LogP contribution in [0.4, 0.5) is 0 Å². The molecule has 1 nitrogen and oxygen atoms in total. The summed E-state index contributed by atoms with van der Waals surface area (Å²) in [5, 5.41) is 8.82. The van der Waals surface area contributed by atoms with E-state index in [2.05, 4.69) is 42.8 Å². The van der Waals surface area contributed by atoms with Gasteiger partial charge in [0.2, 0.25) is 0 Å². The molecule has 0 saturated heterocycles. The molecule has 80 valence electrons. The first-order valence-corrected chi connectivity index (χ1v) is 6.40. The second kappa shape index (κ2) is 4.66. The zero-order valence-electron chi connectivity index (χ0n) is 9.39. The quantitative estimate of drug-likeness (QED) is 0.649. The third-order valence-electron chi connectivity index (χ3n) is 3.53. The Bertz CT molecular complexity index is 215. The summed E-state index contributed by atoms with van der Waals surface area (Å²) in [5.41, 5.74) is 0.444. The smallest absolute Gasteiger partial charge is 0.104 e. The summed E-state index contributed by atoms with van der Waals surface area (Å²) in [5.74, 6) is 1.43. The van der Waals surface area contributed by atoms with Crippen LogP contribution in [0.15, 0.2) is 0 Å². The van der Waals surface area contributed by atoms with Gasteiger partial charge in [-0.2, -0.15) is 5.26 Å².